The molecule has 9 heteroatoms. The van der Waals surface area contributed by atoms with Gasteiger partial charge in [-0.15, -0.1) is 5.10 Å². The number of anilines is 1. The summed E-state index contributed by atoms with van der Waals surface area (Å²) in [7, 11) is 0. The molecule has 0 aliphatic heterocycles. The average Bonchev–Trinajstić information content (AvgIpc) is 2.97. The summed E-state index contributed by atoms with van der Waals surface area (Å²) >= 11 is 21.2. The van der Waals surface area contributed by atoms with Crippen molar-refractivity contribution < 1.29 is 9.21 Å². The molecule has 0 saturated heterocycles. The third kappa shape index (κ3) is 3.89. The summed E-state index contributed by atoms with van der Waals surface area (Å²) in [4.78, 5) is 12.3. The predicted octanol–water partition coefficient (Wildman–Crippen LogP) is 5.71. The Bertz CT molecular complexity index is 910. The molecule has 3 aromatic rings. The lowest BCUT2D eigenvalue weighted by molar-refractivity contribution is 0.102. The van der Waals surface area contributed by atoms with Crippen molar-refractivity contribution in [2.24, 2.45) is 0 Å². The van der Waals surface area contributed by atoms with E-state index in [1.54, 1.807) is 36.4 Å². The number of aromatic nitrogens is 2. The third-order valence-electron chi connectivity index (χ3n) is 2.93. The first-order valence-corrected chi connectivity index (χ1v) is 8.41. The fraction of sp³-hybridized carbons (Fsp3) is 0. The zero-order chi connectivity index (χ0) is 17.3. The van der Waals surface area contributed by atoms with Crippen LogP contribution in [0, 0.1) is 0 Å². The van der Waals surface area contributed by atoms with Crippen molar-refractivity contribution in [2.45, 2.75) is 0 Å². The molecule has 5 nitrogen and oxygen atoms in total. The van der Waals surface area contributed by atoms with Crippen LogP contribution >= 0.6 is 50.7 Å². The molecule has 1 N–H and O–H groups in total. The van der Waals surface area contributed by atoms with Gasteiger partial charge in [0.15, 0.2) is 0 Å². The van der Waals surface area contributed by atoms with Gasteiger partial charge in [-0.1, -0.05) is 55.8 Å². The number of amides is 1. The fourth-order valence-corrected chi connectivity index (χ4v) is 2.99. The number of nitrogens with zero attached hydrogens (tertiary/aromatic N) is 2. The van der Waals surface area contributed by atoms with Gasteiger partial charge < -0.3 is 4.42 Å². The van der Waals surface area contributed by atoms with Crippen LogP contribution in [0.1, 0.15) is 10.4 Å². The van der Waals surface area contributed by atoms with Gasteiger partial charge in [0, 0.05) is 20.1 Å². The second-order valence-corrected chi connectivity index (χ2v) is 6.84. The van der Waals surface area contributed by atoms with Crippen molar-refractivity contribution in [1.82, 2.24) is 10.2 Å². The van der Waals surface area contributed by atoms with Crippen molar-refractivity contribution in [3.63, 3.8) is 0 Å². The molecule has 3 rings (SSSR count). The monoisotopic (exact) mass is 445 g/mol. The van der Waals surface area contributed by atoms with Crippen LogP contribution in [0.2, 0.25) is 15.1 Å². The Hall–Kier alpha value is -1.60. The topological polar surface area (TPSA) is 68.0 Å². The Morgan fingerprint density at radius 1 is 1.04 bits per heavy atom. The SMILES string of the molecule is O=C(Nc1nnc(-c2cc(Cl)cc(Cl)c2)o1)c1cc(Br)ccc1Cl. The molecule has 0 bridgehead atoms. The Kier molecular flexibility index (Phi) is 5.10. The largest absolute Gasteiger partial charge is 0.403 e. The standard InChI is InChI=1S/C15H7BrCl3N3O2/c16-8-1-2-12(19)11(5-8)13(23)20-15-22-21-14(24-15)7-3-9(17)6-10(18)4-7/h1-6H,(H,20,22,23). The van der Waals surface area contributed by atoms with Gasteiger partial charge in [-0.25, -0.2) is 0 Å². The van der Waals surface area contributed by atoms with Gasteiger partial charge in [0.1, 0.15) is 0 Å². The molecule has 0 fully saturated rings. The van der Waals surface area contributed by atoms with Gasteiger partial charge in [-0.2, -0.15) is 0 Å². The molecule has 0 spiro atoms. The molecule has 122 valence electrons. The molecule has 2 aromatic carbocycles. The number of rotatable bonds is 3. The summed E-state index contributed by atoms with van der Waals surface area (Å²) in [6, 6.07) is 9.69. The van der Waals surface area contributed by atoms with E-state index in [2.05, 4.69) is 31.4 Å². The van der Waals surface area contributed by atoms with Gasteiger partial charge in [-0.05, 0) is 36.4 Å². The summed E-state index contributed by atoms with van der Waals surface area (Å²) in [5.41, 5.74) is 0.817. The molecule has 0 atom stereocenters. The van der Waals surface area contributed by atoms with E-state index in [-0.39, 0.29) is 17.5 Å². The van der Waals surface area contributed by atoms with Crippen LogP contribution in [0.3, 0.4) is 0 Å². The van der Waals surface area contributed by atoms with Gasteiger partial charge in [-0.3, -0.25) is 10.1 Å². The third-order valence-corrected chi connectivity index (χ3v) is 4.19. The average molecular weight is 448 g/mol. The molecule has 1 amide bonds. The zero-order valence-electron chi connectivity index (χ0n) is 11.7. The summed E-state index contributed by atoms with van der Waals surface area (Å²) in [5, 5.41) is 11.3. The first-order valence-electron chi connectivity index (χ1n) is 6.49. The van der Waals surface area contributed by atoms with Crippen molar-refractivity contribution in [1.29, 1.82) is 0 Å². The minimum atomic E-state index is -0.472. The van der Waals surface area contributed by atoms with Crippen LogP contribution in [0.15, 0.2) is 45.3 Å². The minimum Gasteiger partial charge on any atom is -0.403 e. The second kappa shape index (κ2) is 7.11. The van der Waals surface area contributed by atoms with Gasteiger partial charge >= 0.3 is 6.01 Å². The highest BCUT2D eigenvalue weighted by molar-refractivity contribution is 9.10. The molecule has 0 saturated carbocycles. The lowest BCUT2D eigenvalue weighted by Gasteiger charge is -2.03. The van der Waals surface area contributed by atoms with Gasteiger partial charge in [0.05, 0.1) is 10.6 Å². The maximum absolute atomic E-state index is 12.3. The van der Waals surface area contributed by atoms with Crippen LogP contribution in [-0.4, -0.2) is 16.1 Å². The van der Waals surface area contributed by atoms with Crippen molar-refractivity contribution in [3.8, 4) is 11.5 Å². The smallest absolute Gasteiger partial charge is 0.322 e. The van der Waals surface area contributed by atoms with Crippen molar-refractivity contribution in [3.05, 3.63) is 61.5 Å². The number of halogens is 4. The minimum absolute atomic E-state index is 0.0675. The quantitative estimate of drug-likeness (QED) is 0.558. The van der Waals surface area contributed by atoms with Gasteiger partial charge in [0.25, 0.3) is 5.91 Å². The number of carbonyl (C=O) groups is 1. The maximum Gasteiger partial charge on any atom is 0.322 e. The molecule has 24 heavy (non-hydrogen) atoms. The highest BCUT2D eigenvalue weighted by Crippen LogP contribution is 2.27. The van der Waals surface area contributed by atoms with E-state index in [1.165, 1.54) is 0 Å². The van der Waals surface area contributed by atoms with Crippen molar-refractivity contribution in [2.75, 3.05) is 5.32 Å². The van der Waals surface area contributed by atoms with Crippen LogP contribution < -0.4 is 5.32 Å². The van der Waals surface area contributed by atoms with Crippen LogP contribution in [0.5, 0.6) is 0 Å². The summed E-state index contributed by atoms with van der Waals surface area (Å²) in [6.45, 7) is 0. The lowest BCUT2D eigenvalue weighted by Crippen LogP contribution is -2.12. The van der Waals surface area contributed by atoms with E-state index in [1.807, 2.05) is 0 Å². The first-order chi connectivity index (χ1) is 11.4. The molecular weight excluding hydrogens is 440 g/mol. The highest BCUT2D eigenvalue weighted by atomic mass is 79.9. The molecular formula is C15H7BrCl3N3O2. The summed E-state index contributed by atoms with van der Waals surface area (Å²) in [5.74, 6) is -0.296. The fourth-order valence-electron chi connectivity index (χ4n) is 1.90. The molecule has 0 radical (unpaired) electrons. The molecule has 0 unspecified atom stereocenters. The normalized spacial score (nSPS) is 10.7. The Morgan fingerprint density at radius 2 is 1.75 bits per heavy atom. The number of benzene rings is 2. The van der Waals surface area contributed by atoms with E-state index in [9.17, 15) is 4.79 Å². The van der Waals surface area contributed by atoms with E-state index >= 15 is 0 Å². The lowest BCUT2D eigenvalue weighted by atomic mass is 10.2. The Morgan fingerprint density at radius 3 is 2.46 bits per heavy atom. The summed E-state index contributed by atoms with van der Waals surface area (Å²) < 4.78 is 6.13. The number of hydrogen-bond acceptors (Lipinski definition) is 4. The molecule has 1 aromatic heterocycles. The predicted molar refractivity (Wildman–Crippen MR) is 96.9 cm³/mol. The van der Waals surface area contributed by atoms with Crippen molar-refractivity contribution >= 4 is 62.7 Å². The van der Waals surface area contributed by atoms with Crippen LogP contribution in [0.4, 0.5) is 6.01 Å². The second-order valence-electron chi connectivity index (χ2n) is 4.65. The molecule has 0 aliphatic rings. The molecule has 1 heterocycles. The van der Waals surface area contributed by atoms with E-state index in [4.69, 9.17) is 39.2 Å². The van der Waals surface area contributed by atoms with E-state index in [0.29, 0.717) is 20.6 Å². The Labute approximate surface area is 160 Å². The number of hydrogen-bond donors (Lipinski definition) is 1. The number of nitrogens with one attached hydrogen (secondary N) is 1. The van der Waals surface area contributed by atoms with Gasteiger partial charge in [0.2, 0.25) is 5.89 Å². The van der Waals surface area contributed by atoms with E-state index in [0.717, 1.165) is 4.47 Å². The van der Waals surface area contributed by atoms with Crippen LogP contribution in [0.25, 0.3) is 11.5 Å². The maximum atomic E-state index is 12.3. The molecule has 0 aliphatic carbocycles. The number of carbonyl (C=O) groups excluding carboxylic acids is 1. The first kappa shape index (κ1) is 17.2. The highest BCUT2D eigenvalue weighted by Gasteiger charge is 2.16. The Balaban J connectivity index is 1.83. The van der Waals surface area contributed by atoms with Crippen LogP contribution in [-0.2, 0) is 0 Å². The zero-order valence-corrected chi connectivity index (χ0v) is 15.5. The summed E-state index contributed by atoms with van der Waals surface area (Å²) in [6.07, 6.45) is 0. The van der Waals surface area contributed by atoms with E-state index < -0.39 is 5.91 Å².